The predicted octanol–water partition coefficient (Wildman–Crippen LogP) is 2.20. The molecular formula is C18H17N5O4. The Kier molecular flexibility index (Phi) is 5.11. The minimum atomic E-state index is -0.901. The van der Waals surface area contributed by atoms with Gasteiger partial charge in [0.15, 0.2) is 0 Å². The minimum absolute atomic E-state index is 0.0763. The highest BCUT2D eigenvalue weighted by atomic mass is 16.6. The number of nitro groups is 1. The van der Waals surface area contributed by atoms with Crippen LogP contribution in [-0.2, 0) is 9.59 Å². The second-order valence-corrected chi connectivity index (χ2v) is 6.03. The van der Waals surface area contributed by atoms with Crippen molar-refractivity contribution in [2.75, 3.05) is 10.6 Å². The van der Waals surface area contributed by atoms with Gasteiger partial charge in [-0.15, -0.1) is 0 Å². The number of nitrogens with one attached hydrogen (secondary N) is 3. The molecule has 0 fully saturated rings. The lowest BCUT2D eigenvalue weighted by Gasteiger charge is -2.21. The molecule has 2 aromatic carbocycles. The number of carbonyl (C=O) groups is 2. The number of benzene rings is 2. The first-order valence-electron chi connectivity index (χ1n) is 8.17. The quantitative estimate of drug-likeness (QED) is 0.564. The molecule has 0 saturated heterocycles. The van der Waals surface area contributed by atoms with E-state index in [9.17, 15) is 19.7 Å². The van der Waals surface area contributed by atoms with Gasteiger partial charge < -0.3 is 10.6 Å². The molecule has 0 saturated carbocycles. The van der Waals surface area contributed by atoms with E-state index in [-0.39, 0.29) is 24.0 Å². The third kappa shape index (κ3) is 4.66. The van der Waals surface area contributed by atoms with Gasteiger partial charge in [-0.1, -0.05) is 17.7 Å². The Balaban J connectivity index is 1.70. The van der Waals surface area contributed by atoms with E-state index < -0.39 is 16.9 Å². The largest absolute Gasteiger partial charge is 0.326 e. The average molecular weight is 367 g/mol. The number of hydrogen-bond acceptors (Lipinski definition) is 6. The number of guanidine groups is 1. The molecule has 9 nitrogen and oxygen atoms in total. The van der Waals surface area contributed by atoms with Crippen molar-refractivity contribution in [1.29, 1.82) is 0 Å². The smallest absolute Gasteiger partial charge is 0.269 e. The Hall–Kier alpha value is -3.75. The van der Waals surface area contributed by atoms with E-state index in [1.165, 1.54) is 24.3 Å². The number of nitrogens with zero attached hydrogens (tertiary/aromatic N) is 2. The first-order chi connectivity index (χ1) is 12.9. The van der Waals surface area contributed by atoms with Crippen molar-refractivity contribution in [2.24, 2.45) is 4.99 Å². The van der Waals surface area contributed by atoms with Crippen LogP contribution >= 0.6 is 0 Å². The Bertz CT molecular complexity index is 906. The van der Waals surface area contributed by atoms with Gasteiger partial charge in [0.05, 0.1) is 11.3 Å². The van der Waals surface area contributed by atoms with Gasteiger partial charge in [0, 0.05) is 23.5 Å². The molecule has 0 spiro atoms. The normalized spacial score (nSPS) is 16.1. The molecule has 1 heterocycles. The number of amides is 2. The number of rotatable bonds is 4. The summed E-state index contributed by atoms with van der Waals surface area (Å²) in [6, 6.07) is 12.0. The molecule has 2 amide bonds. The molecular weight excluding hydrogens is 350 g/mol. The fourth-order valence-corrected chi connectivity index (χ4v) is 2.47. The van der Waals surface area contributed by atoms with E-state index >= 15 is 0 Å². The van der Waals surface area contributed by atoms with Crippen molar-refractivity contribution in [1.82, 2.24) is 5.32 Å². The van der Waals surface area contributed by atoms with Crippen LogP contribution in [0.2, 0.25) is 0 Å². The molecule has 1 aliphatic rings. The van der Waals surface area contributed by atoms with Crippen molar-refractivity contribution < 1.29 is 14.5 Å². The maximum atomic E-state index is 12.4. The van der Waals surface area contributed by atoms with Gasteiger partial charge in [0.2, 0.25) is 17.8 Å². The summed E-state index contributed by atoms with van der Waals surface area (Å²) in [5, 5.41) is 18.8. The van der Waals surface area contributed by atoms with Crippen molar-refractivity contribution in [3.05, 3.63) is 64.2 Å². The zero-order valence-corrected chi connectivity index (χ0v) is 14.4. The Morgan fingerprint density at radius 1 is 1.15 bits per heavy atom. The number of non-ortho nitro benzene ring substituents is 1. The summed E-state index contributed by atoms with van der Waals surface area (Å²) in [7, 11) is 0. The van der Waals surface area contributed by atoms with Crippen LogP contribution in [0.5, 0.6) is 0 Å². The second kappa shape index (κ2) is 7.65. The van der Waals surface area contributed by atoms with Crippen LogP contribution < -0.4 is 16.0 Å². The van der Waals surface area contributed by atoms with Crippen LogP contribution in [0, 0.1) is 17.0 Å². The number of hydrogen-bond donors (Lipinski definition) is 3. The molecule has 3 rings (SSSR count). The highest BCUT2D eigenvalue weighted by Crippen LogP contribution is 2.17. The Labute approximate surface area is 154 Å². The second-order valence-electron chi connectivity index (χ2n) is 6.03. The van der Waals surface area contributed by atoms with Gasteiger partial charge in [-0.25, -0.2) is 4.99 Å². The molecule has 0 aromatic heterocycles. The number of aliphatic imine (C=N–C) groups is 1. The predicted molar refractivity (Wildman–Crippen MR) is 101 cm³/mol. The topological polar surface area (TPSA) is 126 Å². The van der Waals surface area contributed by atoms with E-state index in [1.807, 2.05) is 31.2 Å². The first kappa shape index (κ1) is 18.1. The van der Waals surface area contributed by atoms with E-state index in [0.717, 1.165) is 11.3 Å². The first-order valence-corrected chi connectivity index (χ1v) is 8.17. The number of anilines is 2. The summed E-state index contributed by atoms with van der Waals surface area (Å²) in [5.41, 5.74) is 2.14. The summed E-state index contributed by atoms with van der Waals surface area (Å²) in [4.78, 5) is 38.7. The van der Waals surface area contributed by atoms with Crippen LogP contribution in [0.3, 0.4) is 0 Å². The molecule has 1 atom stereocenters. The van der Waals surface area contributed by atoms with Crippen LogP contribution in [0.1, 0.15) is 12.0 Å². The van der Waals surface area contributed by atoms with Gasteiger partial charge in [-0.05, 0) is 31.2 Å². The van der Waals surface area contributed by atoms with Crippen LogP contribution in [0.15, 0.2) is 53.5 Å². The van der Waals surface area contributed by atoms with Crippen LogP contribution in [-0.4, -0.2) is 28.7 Å². The zero-order chi connectivity index (χ0) is 19.4. The lowest BCUT2D eigenvalue weighted by molar-refractivity contribution is -0.384. The third-order valence-electron chi connectivity index (χ3n) is 3.88. The fraction of sp³-hybridized carbons (Fsp3) is 0.167. The van der Waals surface area contributed by atoms with Gasteiger partial charge in [0.25, 0.3) is 5.69 Å². The van der Waals surface area contributed by atoms with Gasteiger partial charge in [-0.2, -0.15) is 0 Å². The fourth-order valence-electron chi connectivity index (χ4n) is 2.47. The molecule has 3 N–H and O–H groups in total. The molecule has 138 valence electrons. The molecule has 9 heteroatoms. The van der Waals surface area contributed by atoms with E-state index in [1.54, 1.807) is 0 Å². The molecule has 1 aliphatic heterocycles. The number of nitro benzene ring substituents is 1. The standard InChI is InChI=1S/C18H17N5O4/c1-11-2-4-13(5-3-11)20-18-21-15(10-16(24)22-18)17(25)19-12-6-8-14(9-7-12)23(26)27/h2-9,15H,10H2,1H3,(H,19,25)(H2,20,21,22,24)/t15-/m1/s1. The van der Waals surface area contributed by atoms with Crippen molar-refractivity contribution >= 4 is 34.8 Å². The summed E-state index contributed by atoms with van der Waals surface area (Å²) in [6.45, 7) is 1.96. The number of carbonyl (C=O) groups excluding carboxylic acids is 2. The molecule has 0 radical (unpaired) electrons. The van der Waals surface area contributed by atoms with Gasteiger partial charge in [-0.3, -0.25) is 25.0 Å². The average Bonchev–Trinajstić information content (AvgIpc) is 2.63. The van der Waals surface area contributed by atoms with E-state index in [0.29, 0.717) is 5.69 Å². The molecule has 2 aromatic rings. The highest BCUT2D eigenvalue weighted by Gasteiger charge is 2.27. The lowest BCUT2D eigenvalue weighted by Crippen LogP contribution is -2.45. The van der Waals surface area contributed by atoms with Crippen LogP contribution in [0.25, 0.3) is 0 Å². The van der Waals surface area contributed by atoms with Crippen molar-refractivity contribution in [2.45, 2.75) is 19.4 Å². The Morgan fingerprint density at radius 2 is 1.78 bits per heavy atom. The summed E-state index contributed by atoms with van der Waals surface area (Å²) >= 11 is 0. The van der Waals surface area contributed by atoms with Crippen molar-refractivity contribution in [3.8, 4) is 0 Å². The lowest BCUT2D eigenvalue weighted by atomic mass is 10.1. The summed E-state index contributed by atoms with van der Waals surface area (Å²) in [6.07, 6.45) is -0.0854. The molecule has 27 heavy (non-hydrogen) atoms. The minimum Gasteiger partial charge on any atom is -0.326 e. The SMILES string of the molecule is Cc1ccc(NC2=N[C@@H](C(=O)Nc3ccc([N+](=O)[O-])cc3)CC(=O)N2)cc1. The van der Waals surface area contributed by atoms with Gasteiger partial charge in [0.1, 0.15) is 6.04 Å². The molecule has 0 unspecified atom stereocenters. The van der Waals surface area contributed by atoms with Gasteiger partial charge >= 0.3 is 0 Å². The third-order valence-corrected chi connectivity index (χ3v) is 3.88. The van der Waals surface area contributed by atoms with Crippen LogP contribution in [0.4, 0.5) is 17.1 Å². The Morgan fingerprint density at radius 3 is 2.41 bits per heavy atom. The summed E-state index contributed by atoms with van der Waals surface area (Å²) < 4.78 is 0. The van der Waals surface area contributed by atoms with E-state index in [2.05, 4.69) is 20.9 Å². The monoisotopic (exact) mass is 367 g/mol. The maximum Gasteiger partial charge on any atom is 0.269 e. The highest BCUT2D eigenvalue weighted by molar-refractivity contribution is 6.10. The zero-order valence-electron chi connectivity index (χ0n) is 14.4. The molecule has 0 aliphatic carbocycles. The number of aryl methyl sites for hydroxylation is 1. The van der Waals surface area contributed by atoms with Crippen molar-refractivity contribution in [3.63, 3.8) is 0 Å². The summed E-state index contributed by atoms with van der Waals surface area (Å²) in [5.74, 6) is -0.607. The maximum absolute atomic E-state index is 12.4. The van der Waals surface area contributed by atoms with E-state index in [4.69, 9.17) is 0 Å². The molecule has 0 bridgehead atoms.